The van der Waals surface area contributed by atoms with Crippen molar-refractivity contribution in [3.8, 4) is 5.75 Å². The quantitative estimate of drug-likeness (QED) is 0.767. The molecule has 2 nitrogen and oxygen atoms in total. The minimum Gasteiger partial charge on any atom is -0.508 e. The Labute approximate surface area is 126 Å². The molecule has 21 heavy (non-hydrogen) atoms. The first-order valence-corrected chi connectivity index (χ1v) is 8.37. The number of rotatable bonds is 0. The summed E-state index contributed by atoms with van der Waals surface area (Å²) in [6, 6.07) is 5.93. The Morgan fingerprint density at radius 2 is 2.05 bits per heavy atom. The van der Waals surface area contributed by atoms with Crippen LogP contribution in [0.3, 0.4) is 0 Å². The summed E-state index contributed by atoms with van der Waals surface area (Å²) in [6.45, 7) is 4.50. The maximum atomic E-state index is 12.3. The van der Waals surface area contributed by atoms with Crippen LogP contribution in [0.4, 0.5) is 0 Å². The molecular formula is C19H24O2. The van der Waals surface area contributed by atoms with Gasteiger partial charge in [0.25, 0.3) is 0 Å². The third-order valence-electron chi connectivity index (χ3n) is 6.77. The topological polar surface area (TPSA) is 37.3 Å². The van der Waals surface area contributed by atoms with Gasteiger partial charge >= 0.3 is 0 Å². The molecule has 1 aromatic rings. The average molecular weight is 284 g/mol. The number of carbonyl (C=O) groups excluding carboxylic acids is 1. The van der Waals surface area contributed by atoms with Crippen molar-refractivity contribution in [2.24, 2.45) is 17.3 Å². The van der Waals surface area contributed by atoms with Crippen LogP contribution in [0.5, 0.6) is 5.75 Å². The third kappa shape index (κ3) is 1.74. The molecule has 0 spiro atoms. The van der Waals surface area contributed by atoms with Gasteiger partial charge in [-0.25, -0.2) is 0 Å². The highest BCUT2D eigenvalue weighted by Crippen LogP contribution is 2.61. The fourth-order valence-electron chi connectivity index (χ4n) is 5.64. The molecule has 0 amide bonds. The van der Waals surface area contributed by atoms with E-state index in [0.29, 0.717) is 35.2 Å². The molecule has 0 aliphatic heterocycles. The molecule has 3 aliphatic rings. The first-order chi connectivity index (χ1) is 10.0. The zero-order valence-corrected chi connectivity index (χ0v) is 12.9. The summed E-state index contributed by atoms with van der Waals surface area (Å²) in [5.41, 5.74) is 2.73. The number of ketones is 1. The van der Waals surface area contributed by atoms with Crippen LogP contribution in [0.25, 0.3) is 0 Å². The monoisotopic (exact) mass is 284 g/mol. The number of fused-ring (bicyclic) bond motifs is 5. The summed E-state index contributed by atoms with van der Waals surface area (Å²) in [4.78, 5) is 12.3. The van der Waals surface area contributed by atoms with Crippen molar-refractivity contribution in [3.63, 3.8) is 0 Å². The molecule has 0 bridgehead atoms. The predicted molar refractivity (Wildman–Crippen MR) is 82.4 cm³/mol. The number of hydrogen-bond donors (Lipinski definition) is 1. The van der Waals surface area contributed by atoms with E-state index in [9.17, 15) is 9.90 Å². The largest absolute Gasteiger partial charge is 0.508 e. The standard InChI is InChI=1S/C19H24O2/c1-11-9-16-14(13-4-3-12(20)10-15(11)13)7-8-19(2)17(16)5-6-18(19)21/h3-4,10-11,14,16-17,20H,5-9H2,1-2H3/t11-,14+,16+,17-,19-/m0/s1. The Balaban J connectivity index is 1.77. The highest BCUT2D eigenvalue weighted by molar-refractivity contribution is 5.87. The van der Waals surface area contributed by atoms with Crippen molar-refractivity contribution in [1.29, 1.82) is 0 Å². The number of Topliss-reactive ketones (excluding diaryl/α,β-unsaturated/α-hetero) is 1. The molecular weight excluding hydrogens is 260 g/mol. The number of carbonyl (C=O) groups is 1. The lowest BCUT2D eigenvalue weighted by atomic mass is 9.54. The normalized spacial score (nSPS) is 41.3. The van der Waals surface area contributed by atoms with Crippen molar-refractivity contribution >= 4 is 5.78 Å². The van der Waals surface area contributed by atoms with Crippen molar-refractivity contribution in [2.75, 3.05) is 0 Å². The van der Waals surface area contributed by atoms with Gasteiger partial charge in [-0.3, -0.25) is 4.79 Å². The summed E-state index contributed by atoms with van der Waals surface area (Å²) in [5, 5.41) is 9.78. The van der Waals surface area contributed by atoms with E-state index in [2.05, 4.69) is 19.9 Å². The Morgan fingerprint density at radius 1 is 1.24 bits per heavy atom. The van der Waals surface area contributed by atoms with Gasteiger partial charge in [-0.2, -0.15) is 0 Å². The van der Waals surface area contributed by atoms with Gasteiger partial charge in [0.1, 0.15) is 11.5 Å². The smallest absolute Gasteiger partial charge is 0.139 e. The van der Waals surface area contributed by atoms with Crippen LogP contribution in [0.1, 0.15) is 68.9 Å². The lowest BCUT2D eigenvalue weighted by Gasteiger charge is -2.49. The zero-order valence-electron chi connectivity index (χ0n) is 12.9. The molecule has 4 rings (SSSR count). The van der Waals surface area contributed by atoms with Crippen LogP contribution in [0, 0.1) is 17.3 Å². The molecule has 0 radical (unpaired) electrons. The lowest BCUT2D eigenvalue weighted by Crippen LogP contribution is -2.42. The van der Waals surface area contributed by atoms with E-state index >= 15 is 0 Å². The summed E-state index contributed by atoms with van der Waals surface area (Å²) < 4.78 is 0. The van der Waals surface area contributed by atoms with Crippen LogP contribution in [-0.4, -0.2) is 10.9 Å². The summed E-state index contributed by atoms with van der Waals surface area (Å²) in [7, 11) is 0. The van der Waals surface area contributed by atoms with Gasteiger partial charge in [-0.05, 0) is 72.6 Å². The highest BCUT2D eigenvalue weighted by Gasteiger charge is 2.55. The minimum atomic E-state index is -0.0463. The Hall–Kier alpha value is -1.31. The van der Waals surface area contributed by atoms with Crippen molar-refractivity contribution in [1.82, 2.24) is 0 Å². The van der Waals surface area contributed by atoms with Crippen molar-refractivity contribution in [2.45, 2.75) is 57.8 Å². The van der Waals surface area contributed by atoms with Crippen LogP contribution in [-0.2, 0) is 4.79 Å². The molecule has 0 aromatic heterocycles. The van der Waals surface area contributed by atoms with Crippen molar-refractivity contribution in [3.05, 3.63) is 29.3 Å². The molecule has 112 valence electrons. The number of benzene rings is 1. The van der Waals surface area contributed by atoms with Gasteiger partial charge < -0.3 is 5.11 Å². The minimum absolute atomic E-state index is 0.0463. The van der Waals surface area contributed by atoms with E-state index in [4.69, 9.17) is 0 Å². The van der Waals surface area contributed by atoms with E-state index in [0.717, 1.165) is 25.7 Å². The second-order valence-corrected chi connectivity index (χ2v) is 7.74. The van der Waals surface area contributed by atoms with Gasteiger partial charge in [0.15, 0.2) is 0 Å². The summed E-state index contributed by atoms with van der Waals surface area (Å²) >= 11 is 0. The fourth-order valence-corrected chi connectivity index (χ4v) is 5.64. The predicted octanol–water partition coefficient (Wildman–Crippen LogP) is 4.38. The van der Waals surface area contributed by atoms with E-state index in [-0.39, 0.29) is 5.41 Å². The summed E-state index contributed by atoms with van der Waals surface area (Å²) in [5.74, 6) is 3.22. The molecule has 0 unspecified atom stereocenters. The average Bonchev–Trinajstić information content (AvgIpc) is 2.76. The Kier molecular flexibility index (Phi) is 2.76. The highest BCUT2D eigenvalue weighted by atomic mass is 16.3. The maximum absolute atomic E-state index is 12.3. The number of phenolic OH excluding ortho intramolecular Hbond substituents is 1. The first kappa shape index (κ1) is 13.4. The second kappa shape index (κ2) is 4.34. The van der Waals surface area contributed by atoms with Crippen LogP contribution < -0.4 is 0 Å². The van der Waals surface area contributed by atoms with Gasteiger partial charge in [0.2, 0.25) is 0 Å². The molecule has 5 atom stereocenters. The van der Waals surface area contributed by atoms with Crippen LogP contribution in [0.15, 0.2) is 18.2 Å². The number of hydrogen-bond acceptors (Lipinski definition) is 2. The van der Waals surface area contributed by atoms with Gasteiger partial charge in [-0.15, -0.1) is 0 Å². The maximum Gasteiger partial charge on any atom is 0.139 e. The molecule has 2 fully saturated rings. The SMILES string of the molecule is C[C@H]1C[C@@H]2[C@H](CC[C@]3(C)C(=O)CC[C@@H]23)c2ccc(O)cc21. The number of phenols is 1. The molecule has 2 saturated carbocycles. The van der Waals surface area contributed by atoms with Gasteiger partial charge in [0.05, 0.1) is 0 Å². The molecule has 1 aromatic carbocycles. The second-order valence-electron chi connectivity index (χ2n) is 7.74. The molecule has 0 heterocycles. The molecule has 0 saturated heterocycles. The van der Waals surface area contributed by atoms with Crippen LogP contribution in [0.2, 0.25) is 0 Å². The van der Waals surface area contributed by atoms with E-state index < -0.39 is 0 Å². The van der Waals surface area contributed by atoms with Gasteiger partial charge in [-0.1, -0.05) is 19.9 Å². The van der Waals surface area contributed by atoms with E-state index in [1.165, 1.54) is 17.5 Å². The fraction of sp³-hybridized carbons (Fsp3) is 0.632. The van der Waals surface area contributed by atoms with Crippen LogP contribution >= 0.6 is 0 Å². The van der Waals surface area contributed by atoms with Gasteiger partial charge in [0, 0.05) is 11.8 Å². The Bertz CT molecular complexity index is 606. The summed E-state index contributed by atoms with van der Waals surface area (Å²) in [6.07, 6.45) is 5.24. The zero-order chi connectivity index (χ0) is 14.8. The first-order valence-electron chi connectivity index (χ1n) is 8.37. The Morgan fingerprint density at radius 3 is 2.86 bits per heavy atom. The lowest BCUT2D eigenvalue weighted by molar-refractivity contribution is -0.129. The number of aromatic hydroxyl groups is 1. The molecule has 2 heteroatoms. The van der Waals surface area contributed by atoms with E-state index in [1.807, 2.05) is 12.1 Å². The third-order valence-corrected chi connectivity index (χ3v) is 6.77. The van der Waals surface area contributed by atoms with E-state index in [1.54, 1.807) is 0 Å². The molecule has 3 aliphatic carbocycles. The van der Waals surface area contributed by atoms with Crippen molar-refractivity contribution < 1.29 is 9.90 Å². The molecule has 1 N–H and O–H groups in total.